The molecule has 18 heavy (non-hydrogen) atoms. The number of carbonyl (C=O) groups is 1. The van der Waals surface area contributed by atoms with Gasteiger partial charge in [-0.05, 0) is 37.0 Å². The molecule has 0 aromatic heterocycles. The lowest BCUT2D eigenvalue weighted by Gasteiger charge is -2.20. The third-order valence-corrected chi connectivity index (χ3v) is 3.82. The first-order valence-electron chi connectivity index (χ1n) is 6.39. The van der Waals surface area contributed by atoms with E-state index in [1.54, 1.807) is 6.07 Å². The second kappa shape index (κ2) is 5.61. The molecular weight excluding hydrogens is 250 g/mol. The number of nitrogens with zero attached hydrogens (tertiary/aromatic N) is 1. The van der Waals surface area contributed by atoms with Crippen LogP contribution in [0, 0.1) is 5.92 Å². The predicted octanol–water partition coefficient (Wildman–Crippen LogP) is 3.66. The zero-order chi connectivity index (χ0) is 13.1. The molecule has 1 N–H and O–H groups in total. The van der Waals surface area contributed by atoms with Crippen molar-refractivity contribution in [3.8, 4) is 0 Å². The van der Waals surface area contributed by atoms with Gasteiger partial charge in [0.15, 0.2) is 0 Å². The van der Waals surface area contributed by atoms with E-state index in [-0.39, 0.29) is 5.56 Å². The summed E-state index contributed by atoms with van der Waals surface area (Å²) in [5.74, 6) is -0.195. The van der Waals surface area contributed by atoms with Crippen LogP contribution in [0.1, 0.15) is 36.5 Å². The van der Waals surface area contributed by atoms with E-state index < -0.39 is 5.97 Å². The van der Waals surface area contributed by atoms with Gasteiger partial charge in [-0.15, -0.1) is 0 Å². The van der Waals surface area contributed by atoms with Gasteiger partial charge >= 0.3 is 5.97 Å². The topological polar surface area (TPSA) is 40.5 Å². The van der Waals surface area contributed by atoms with Gasteiger partial charge in [0.25, 0.3) is 0 Å². The van der Waals surface area contributed by atoms with Crippen molar-refractivity contribution in [1.29, 1.82) is 0 Å². The van der Waals surface area contributed by atoms with Crippen LogP contribution in [0.3, 0.4) is 0 Å². The smallest absolute Gasteiger partial charge is 0.335 e. The molecule has 3 nitrogen and oxygen atoms in total. The van der Waals surface area contributed by atoms with Gasteiger partial charge in [-0.3, -0.25) is 0 Å². The first-order chi connectivity index (χ1) is 8.61. The number of carboxylic acids is 1. The number of aromatic carboxylic acids is 1. The Balaban J connectivity index is 2.12. The molecule has 1 fully saturated rings. The van der Waals surface area contributed by atoms with Crippen molar-refractivity contribution in [2.75, 3.05) is 18.0 Å². The Morgan fingerprint density at radius 1 is 1.56 bits per heavy atom. The van der Waals surface area contributed by atoms with Gasteiger partial charge in [-0.1, -0.05) is 24.9 Å². The van der Waals surface area contributed by atoms with Crippen LogP contribution in [0.2, 0.25) is 5.02 Å². The summed E-state index contributed by atoms with van der Waals surface area (Å²) < 4.78 is 0. The summed E-state index contributed by atoms with van der Waals surface area (Å²) in [7, 11) is 0. The average molecular weight is 268 g/mol. The molecule has 1 aliphatic rings. The van der Waals surface area contributed by atoms with Crippen LogP contribution in [-0.4, -0.2) is 24.2 Å². The van der Waals surface area contributed by atoms with Crippen LogP contribution >= 0.6 is 11.6 Å². The first-order valence-corrected chi connectivity index (χ1v) is 6.77. The van der Waals surface area contributed by atoms with Crippen LogP contribution in [-0.2, 0) is 0 Å². The third kappa shape index (κ3) is 2.78. The van der Waals surface area contributed by atoms with Gasteiger partial charge in [0.1, 0.15) is 0 Å². The zero-order valence-electron chi connectivity index (χ0n) is 10.5. The molecule has 4 heteroatoms. The van der Waals surface area contributed by atoms with Crippen LogP contribution in [0.4, 0.5) is 5.69 Å². The highest BCUT2D eigenvalue weighted by Gasteiger charge is 2.23. The lowest BCUT2D eigenvalue weighted by atomic mass is 10.0. The fourth-order valence-corrected chi connectivity index (χ4v) is 2.89. The maximum absolute atomic E-state index is 10.9. The predicted molar refractivity (Wildman–Crippen MR) is 73.6 cm³/mol. The summed E-state index contributed by atoms with van der Waals surface area (Å²) in [5.41, 5.74) is 1.20. The van der Waals surface area contributed by atoms with Gasteiger partial charge in [-0.25, -0.2) is 4.79 Å². The Morgan fingerprint density at radius 3 is 2.94 bits per heavy atom. The summed E-state index contributed by atoms with van der Waals surface area (Å²) in [6.07, 6.45) is 3.66. The lowest BCUT2D eigenvalue weighted by molar-refractivity contribution is 0.0697. The van der Waals surface area contributed by atoms with Crippen LogP contribution in [0.5, 0.6) is 0 Å². The van der Waals surface area contributed by atoms with Crippen molar-refractivity contribution in [3.63, 3.8) is 0 Å². The highest BCUT2D eigenvalue weighted by molar-refractivity contribution is 6.33. The molecule has 98 valence electrons. The van der Waals surface area contributed by atoms with E-state index in [0.717, 1.165) is 24.7 Å². The first kappa shape index (κ1) is 13.2. The summed E-state index contributed by atoms with van der Waals surface area (Å²) in [6, 6.07) is 4.98. The van der Waals surface area contributed by atoms with Crippen LogP contribution in [0.15, 0.2) is 18.2 Å². The minimum Gasteiger partial charge on any atom is -0.478 e. The van der Waals surface area contributed by atoms with E-state index in [9.17, 15) is 4.79 Å². The average Bonchev–Trinajstić information content (AvgIpc) is 2.77. The van der Waals surface area contributed by atoms with Gasteiger partial charge < -0.3 is 10.0 Å². The largest absolute Gasteiger partial charge is 0.478 e. The Kier molecular flexibility index (Phi) is 4.12. The van der Waals surface area contributed by atoms with Crippen molar-refractivity contribution in [1.82, 2.24) is 0 Å². The molecule has 1 unspecified atom stereocenters. The molecule has 0 aliphatic carbocycles. The number of halogens is 1. The van der Waals surface area contributed by atoms with Gasteiger partial charge in [0.05, 0.1) is 16.3 Å². The summed E-state index contributed by atoms with van der Waals surface area (Å²) in [6.45, 7) is 4.24. The maximum atomic E-state index is 10.9. The van der Waals surface area contributed by atoms with Crippen molar-refractivity contribution in [3.05, 3.63) is 28.8 Å². The van der Waals surface area contributed by atoms with E-state index in [4.69, 9.17) is 16.7 Å². The third-order valence-electron chi connectivity index (χ3n) is 3.52. The summed E-state index contributed by atoms with van der Waals surface area (Å²) in [4.78, 5) is 13.1. The molecule has 0 radical (unpaired) electrons. The fourth-order valence-electron chi connectivity index (χ4n) is 2.59. The van der Waals surface area contributed by atoms with E-state index in [0.29, 0.717) is 5.02 Å². The van der Waals surface area contributed by atoms with Gasteiger partial charge in [0, 0.05) is 13.1 Å². The van der Waals surface area contributed by atoms with Crippen LogP contribution < -0.4 is 4.90 Å². The molecule has 0 saturated carbocycles. The van der Waals surface area contributed by atoms with E-state index in [2.05, 4.69) is 11.8 Å². The molecule has 0 spiro atoms. The monoisotopic (exact) mass is 267 g/mol. The standard InChI is InChI=1S/C14H18ClNO2/c1-2-3-10-6-7-16(9-10)13-5-4-11(14(17)18)8-12(13)15/h4-5,8,10H,2-3,6-7,9H2,1H3,(H,17,18). The molecule has 1 atom stereocenters. The van der Waals surface area contributed by atoms with Crippen molar-refractivity contribution in [2.24, 2.45) is 5.92 Å². The number of rotatable bonds is 4. The number of anilines is 1. The fraction of sp³-hybridized carbons (Fsp3) is 0.500. The second-order valence-corrected chi connectivity index (χ2v) is 5.27. The Morgan fingerprint density at radius 2 is 2.33 bits per heavy atom. The molecule has 0 amide bonds. The van der Waals surface area contributed by atoms with Crippen LogP contribution in [0.25, 0.3) is 0 Å². The number of hydrogen-bond donors (Lipinski definition) is 1. The number of hydrogen-bond acceptors (Lipinski definition) is 2. The second-order valence-electron chi connectivity index (χ2n) is 4.86. The van der Waals surface area contributed by atoms with E-state index in [1.165, 1.54) is 25.3 Å². The van der Waals surface area contributed by atoms with Crippen molar-refractivity contribution >= 4 is 23.3 Å². The van der Waals surface area contributed by atoms with Gasteiger partial charge in [0.2, 0.25) is 0 Å². The summed E-state index contributed by atoms with van der Waals surface area (Å²) in [5, 5.41) is 9.44. The minimum absolute atomic E-state index is 0.244. The maximum Gasteiger partial charge on any atom is 0.335 e. The molecule has 0 bridgehead atoms. The van der Waals surface area contributed by atoms with E-state index >= 15 is 0 Å². The summed E-state index contributed by atoms with van der Waals surface area (Å²) >= 11 is 6.17. The Labute approximate surface area is 112 Å². The van der Waals surface area contributed by atoms with Gasteiger partial charge in [-0.2, -0.15) is 0 Å². The molecule has 1 saturated heterocycles. The highest BCUT2D eigenvalue weighted by Crippen LogP contribution is 2.32. The molecular formula is C14H18ClNO2. The number of benzene rings is 1. The minimum atomic E-state index is -0.936. The van der Waals surface area contributed by atoms with E-state index in [1.807, 2.05) is 6.07 Å². The molecule has 2 rings (SSSR count). The molecule has 1 heterocycles. The quantitative estimate of drug-likeness (QED) is 0.905. The molecule has 1 aromatic rings. The number of carboxylic acid groups (broad SMARTS) is 1. The highest BCUT2D eigenvalue weighted by atomic mass is 35.5. The zero-order valence-corrected chi connectivity index (χ0v) is 11.3. The van der Waals surface area contributed by atoms with Crippen molar-refractivity contribution < 1.29 is 9.90 Å². The van der Waals surface area contributed by atoms with Crippen molar-refractivity contribution in [2.45, 2.75) is 26.2 Å². The SMILES string of the molecule is CCCC1CCN(c2ccc(C(=O)O)cc2Cl)C1. The molecule has 1 aromatic carbocycles. The Bertz CT molecular complexity index is 447. The Hall–Kier alpha value is -1.22. The lowest BCUT2D eigenvalue weighted by Crippen LogP contribution is -2.20. The molecule has 1 aliphatic heterocycles. The normalized spacial score (nSPS) is 19.2.